The molecule has 1 fully saturated rings. The number of nitrogens with zero attached hydrogens (tertiary/aromatic N) is 3. The summed E-state index contributed by atoms with van der Waals surface area (Å²) in [6.45, 7) is 1.94. The molecule has 0 bridgehead atoms. The lowest BCUT2D eigenvalue weighted by Crippen LogP contribution is -2.35. The Kier molecular flexibility index (Phi) is 5.67. The molecule has 1 saturated heterocycles. The first kappa shape index (κ1) is 15.3. The summed E-state index contributed by atoms with van der Waals surface area (Å²) in [6.07, 6.45) is -1.98. The van der Waals surface area contributed by atoms with Gasteiger partial charge in [-0.15, -0.1) is 0 Å². The fraction of sp³-hybridized carbons (Fsp3) is 0.750. The van der Waals surface area contributed by atoms with E-state index in [1.54, 1.807) is 6.92 Å². The molecule has 1 atom stereocenters. The van der Waals surface area contributed by atoms with Gasteiger partial charge >= 0.3 is 6.03 Å². The number of hydrogen-bond acceptors (Lipinski definition) is 3. The first-order chi connectivity index (χ1) is 8.95. The van der Waals surface area contributed by atoms with Gasteiger partial charge in [0.1, 0.15) is 6.54 Å². The Hall–Kier alpha value is -1.71. The summed E-state index contributed by atoms with van der Waals surface area (Å²) in [4.78, 5) is 25.9. The number of unbranched alkanes of at least 4 members (excludes halogenated alkanes) is 1. The van der Waals surface area contributed by atoms with Crippen molar-refractivity contribution in [1.29, 1.82) is 5.26 Å². The molecular formula is C12H17F2N3O2. The summed E-state index contributed by atoms with van der Waals surface area (Å²) in [5.41, 5.74) is 0. The molecule has 106 valence electrons. The van der Waals surface area contributed by atoms with Crippen molar-refractivity contribution in [3.8, 4) is 6.07 Å². The van der Waals surface area contributed by atoms with Crippen molar-refractivity contribution in [1.82, 2.24) is 9.80 Å². The van der Waals surface area contributed by atoms with Gasteiger partial charge < -0.3 is 4.90 Å². The van der Waals surface area contributed by atoms with Crippen LogP contribution in [0, 0.1) is 17.2 Å². The molecule has 0 aromatic rings. The van der Waals surface area contributed by atoms with Gasteiger partial charge in [0.15, 0.2) is 0 Å². The molecule has 0 radical (unpaired) electrons. The van der Waals surface area contributed by atoms with Crippen LogP contribution in [0.3, 0.4) is 0 Å². The first-order valence-electron chi connectivity index (χ1n) is 6.20. The normalized spacial score (nSPS) is 17.2. The number of urea groups is 1. The number of rotatable bonds is 7. The SMILES string of the molecule is CC(CC(F)F)CN1CC(=O)N(CCCC#N)C1=O. The van der Waals surface area contributed by atoms with E-state index in [2.05, 4.69) is 0 Å². The van der Waals surface area contributed by atoms with Gasteiger partial charge in [-0.05, 0) is 12.3 Å². The molecule has 7 heteroatoms. The van der Waals surface area contributed by atoms with Crippen LogP contribution in [0.2, 0.25) is 0 Å². The summed E-state index contributed by atoms with van der Waals surface area (Å²) in [6, 6.07) is 1.50. The number of hydrogen-bond donors (Lipinski definition) is 0. The maximum Gasteiger partial charge on any atom is 0.327 e. The van der Waals surface area contributed by atoms with Crippen LogP contribution in [0.5, 0.6) is 0 Å². The van der Waals surface area contributed by atoms with Gasteiger partial charge in [0.2, 0.25) is 12.3 Å². The summed E-state index contributed by atoms with van der Waals surface area (Å²) in [5, 5.41) is 8.41. The lowest BCUT2D eigenvalue weighted by atomic mass is 10.1. The topological polar surface area (TPSA) is 64.4 Å². The summed E-state index contributed by atoms with van der Waals surface area (Å²) < 4.78 is 24.4. The van der Waals surface area contributed by atoms with Crippen LogP contribution in [-0.2, 0) is 4.79 Å². The van der Waals surface area contributed by atoms with Gasteiger partial charge in [0.05, 0.1) is 6.07 Å². The number of carbonyl (C=O) groups excluding carboxylic acids is 2. The van der Waals surface area contributed by atoms with Crippen LogP contribution in [0.15, 0.2) is 0 Å². The molecule has 0 aromatic heterocycles. The van der Waals surface area contributed by atoms with Crippen LogP contribution in [0.25, 0.3) is 0 Å². The Morgan fingerprint density at radius 1 is 1.42 bits per heavy atom. The van der Waals surface area contributed by atoms with Gasteiger partial charge in [-0.3, -0.25) is 9.69 Å². The molecule has 3 amide bonds. The lowest BCUT2D eigenvalue weighted by Gasteiger charge is -2.20. The lowest BCUT2D eigenvalue weighted by molar-refractivity contribution is -0.125. The van der Waals surface area contributed by atoms with Gasteiger partial charge in [-0.1, -0.05) is 6.92 Å². The predicted molar refractivity (Wildman–Crippen MR) is 63.3 cm³/mol. The molecule has 0 saturated carbocycles. The Balaban J connectivity index is 2.48. The van der Waals surface area contributed by atoms with Crippen molar-refractivity contribution >= 4 is 11.9 Å². The van der Waals surface area contributed by atoms with E-state index in [9.17, 15) is 18.4 Å². The van der Waals surface area contributed by atoms with Crippen LogP contribution in [-0.4, -0.2) is 47.8 Å². The number of carbonyl (C=O) groups is 2. The molecule has 1 rings (SSSR count). The smallest absolute Gasteiger partial charge is 0.315 e. The standard InChI is InChI=1S/C12H17F2N3O2/c1-9(6-10(13)14)7-16-8-11(18)17(12(16)19)5-3-2-4-15/h9-10H,2-3,5-8H2,1H3. The third-order valence-electron chi connectivity index (χ3n) is 2.91. The van der Waals surface area contributed by atoms with Crippen LogP contribution in [0.1, 0.15) is 26.2 Å². The molecule has 1 unspecified atom stereocenters. The highest BCUT2D eigenvalue weighted by molar-refractivity contribution is 6.01. The Morgan fingerprint density at radius 3 is 2.68 bits per heavy atom. The minimum atomic E-state index is -2.41. The Labute approximate surface area is 110 Å². The van der Waals surface area contributed by atoms with Gasteiger partial charge in [0.25, 0.3) is 0 Å². The fourth-order valence-corrected chi connectivity index (χ4v) is 2.03. The minimum Gasteiger partial charge on any atom is -0.315 e. The van der Waals surface area contributed by atoms with E-state index in [4.69, 9.17) is 5.26 Å². The summed E-state index contributed by atoms with van der Waals surface area (Å²) >= 11 is 0. The monoisotopic (exact) mass is 273 g/mol. The molecule has 1 aliphatic rings. The van der Waals surface area contributed by atoms with E-state index in [0.29, 0.717) is 6.42 Å². The molecule has 0 N–H and O–H groups in total. The van der Waals surface area contributed by atoms with Gasteiger partial charge in [0, 0.05) is 25.9 Å². The van der Waals surface area contributed by atoms with E-state index >= 15 is 0 Å². The zero-order valence-corrected chi connectivity index (χ0v) is 10.8. The third kappa shape index (κ3) is 4.47. The second-order valence-corrected chi connectivity index (χ2v) is 4.70. The van der Waals surface area contributed by atoms with Crippen LogP contribution >= 0.6 is 0 Å². The average Bonchev–Trinajstić information content (AvgIpc) is 2.55. The quantitative estimate of drug-likeness (QED) is 0.525. The van der Waals surface area contributed by atoms with E-state index < -0.39 is 12.5 Å². The van der Waals surface area contributed by atoms with E-state index in [1.165, 1.54) is 4.90 Å². The molecule has 0 aromatic carbocycles. The maximum absolute atomic E-state index is 12.2. The van der Waals surface area contributed by atoms with Crippen molar-refractivity contribution in [2.24, 2.45) is 5.92 Å². The first-order valence-corrected chi connectivity index (χ1v) is 6.20. The van der Waals surface area contributed by atoms with E-state index in [-0.39, 0.29) is 44.3 Å². The van der Waals surface area contributed by atoms with Crippen molar-refractivity contribution in [2.75, 3.05) is 19.6 Å². The highest BCUT2D eigenvalue weighted by Crippen LogP contribution is 2.17. The van der Waals surface area contributed by atoms with Crippen LogP contribution in [0.4, 0.5) is 13.6 Å². The second kappa shape index (κ2) is 7.02. The van der Waals surface area contributed by atoms with E-state index in [0.717, 1.165) is 4.90 Å². The third-order valence-corrected chi connectivity index (χ3v) is 2.91. The van der Waals surface area contributed by atoms with Gasteiger partial charge in [-0.2, -0.15) is 5.26 Å². The largest absolute Gasteiger partial charge is 0.327 e. The summed E-state index contributed by atoms with van der Waals surface area (Å²) in [7, 11) is 0. The molecule has 19 heavy (non-hydrogen) atoms. The van der Waals surface area contributed by atoms with E-state index in [1.807, 2.05) is 6.07 Å². The van der Waals surface area contributed by atoms with Crippen molar-refractivity contribution in [3.63, 3.8) is 0 Å². The predicted octanol–water partition coefficient (Wildman–Crippen LogP) is 1.85. The maximum atomic E-state index is 12.2. The fourth-order valence-electron chi connectivity index (χ4n) is 2.03. The highest BCUT2D eigenvalue weighted by Gasteiger charge is 2.36. The Bertz CT molecular complexity index is 382. The molecule has 0 spiro atoms. The average molecular weight is 273 g/mol. The van der Waals surface area contributed by atoms with Crippen molar-refractivity contribution < 1.29 is 18.4 Å². The molecule has 5 nitrogen and oxygen atoms in total. The number of alkyl halides is 2. The zero-order valence-electron chi connectivity index (χ0n) is 10.8. The Morgan fingerprint density at radius 2 is 2.11 bits per heavy atom. The zero-order chi connectivity index (χ0) is 14.4. The number of imide groups is 1. The van der Waals surface area contributed by atoms with Gasteiger partial charge in [-0.25, -0.2) is 13.6 Å². The molecule has 1 aliphatic heterocycles. The summed E-state index contributed by atoms with van der Waals surface area (Å²) in [5.74, 6) is -0.678. The minimum absolute atomic E-state index is 0.0566. The molecular weight excluding hydrogens is 256 g/mol. The number of amides is 3. The van der Waals surface area contributed by atoms with Crippen molar-refractivity contribution in [2.45, 2.75) is 32.6 Å². The number of halogens is 2. The molecule has 0 aliphatic carbocycles. The number of nitriles is 1. The van der Waals surface area contributed by atoms with Crippen LogP contribution < -0.4 is 0 Å². The molecule has 1 heterocycles. The second-order valence-electron chi connectivity index (χ2n) is 4.70. The highest BCUT2D eigenvalue weighted by atomic mass is 19.3. The van der Waals surface area contributed by atoms with Crippen molar-refractivity contribution in [3.05, 3.63) is 0 Å².